The molecule has 0 bridgehead atoms. The first-order valence-corrected chi connectivity index (χ1v) is 4.86. The van der Waals surface area contributed by atoms with Crippen LogP contribution in [-0.4, -0.2) is 22.9 Å². The maximum atomic E-state index is 13.4. The normalized spacial score (nSPS) is 14.2. The SMILES string of the molecule is N#Cc1ccc(C(O)C(O)CCN)c(F)c1. The number of benzene rings is 1. The number of hydrogen-bond acceptors (Lipinski definition) is 4. The Labute approximate surface area is 92.7 Å². The summed E-state index contributed by atoms with van der Waals surface area (Å²) < 4.78 is 13.4. The second-order valence-electron chi connectivity index (χ2n) is 3.44. The highest BCUT2D eigenvalue weighted by Gasteiger charge is 2.20. The third-order valence-electron chi connectivity index (χ3n) is 2.28. The molecule has 0 aliphatic rings. The highest BCUT2D eigenvalue weighted by Crippen LogP contribution is 2.22. The fourth-order valence-corrected chi connectivity index (χ4v) is 1.37. The Kier molecular flexibility index (Phi) is 4.38. The van der Waals surface area contributed by atoms with Crippen LogP contribution in [0.25, 0.3) is 0 Å². The summed E-state index contributed by atoms with van der Waals surface area (Å²) in [6.45, 7) is 0.204. The Morgan fingerprint density at radius 3 is 2.62 bits per heavy atom. The number of halogens is 1. The molecule has 1 aromatic carbocycles. The third-order valence-corrected chi connectivity index (χ3v) is 2.28. The topological polar surface area (TPSA) is 90.3 Å². The van der Waals surface area contributed by atoms with Gasteiger partial charge in [-0.1, -0.05) is 6.07 Å². The first-order valence-electron chi connectivity index (χ1n) is 4.86. The molecule has 0 aliphatic heterocycles. The van der Waals surface area contributed by atoms with Crippen LogP contribution in [0, 0.1) is 17.1 Å². The fraction of sp³-hybridized carbons (Fsp3) is 0.364. The minimum atomic E-state index is -1.32. The van der Waals surface area contributed by atoms with Gasteiger partial charge in [-0.15, -0.1) is 0 Å². The molecular formula is C11H13FN2O2. The molecule has 1 aromatic rings. The number of nitrogens with zero attached hydrogens (tertiary/aromatic N) is 1. The van der Waals surface area contributed by atoms with Gasteiger partial charge >= 0.3 is 0 Å². The van der Waals surface area contributed by atoms with E-state index >= 15 is 0 Å². The van der Waals surface area contributed by atoms with Crippen molar-refractivity contribution in [1.82, 2.24) is 0 Å². The molecule has 0 fully saturated rings. The zero-order valence-electron chi connectivity index (χ0n) is 8.60. The molecular weight excluding hydrogens is 211 g/mol. The second-order valence-corrected chi connectivity index (χ2v) is 3.44. The summed E-state index contributed by atoms with van der Waals surface area (Å²) in [7, 11) is 0. The molecule has 0 radical (unpaired) electrons. The quantitative estimate of drug-likeness (QED) is 0.692. The Balaban J connectivity index is 2.92. The zero-order valence-corrected chi connectivity index (χ0v) is 8.60. The summed E-state index contributed by atoms with van der Waals surface area (Å²) in [5.74, 6) is -0.706. The average molecular weight is 224 g/mol. The maximum absolute atomic E-state index is 13.4. The molecule has 5 heteroatoms. The molecule has 1 rings (SSSR count). The molecule has 0 saturated carbocycles. The zero-order chi connectivity index (χ0) is 12.1. The molecule has 0 heterocycles. The number of nitrogens with two attached hydrogens (primary N) is 1. The number of rotatable bonds is 4. The average Bonchev–Trinajstić information content (AvgIpc) is 2.28. The Morgan fingerprint density at radius 2 is 2.12 bits per heavy atom. The lowest BCUT2D eigenvalue weighted by molar-refractivity contribution is 0.0130. The van der Waals surface area contributed by atoms with Crippen LogP contribution in [0.2, 0.25) is 0 Å². The van der Waals surface area contributed by atoms with Crippen LogP contribution in [0.15, 0.2) is 18.2 Å². The Bertz CT molecular complexity index is 403. The summed E-state index contributed by atoms with van der Waals surface area (Å²) in [5, 5.41) is 27.6. The van der Waals surface area contributed by atoms with Crippen molar-refractivity contribution in [3.63, 3.8) is 0 Å². The minimum Gasteiger partial charge on any atom is -0.390 e. The van der Waals surface area contributed by atoms with Gasteiger partial charge in [-0.3, -0.25) is 0 Å². The van der Waals surface area contributed by atoms with Crippen molar-refractivity contribution in [3.05, 3.63) is 35.1 Å². The molecule has 0 aliphatic carbocycles. The summed E-state index contributed by atoms with van der Waals surface area (Å²) in [4.78, 5) is 0. The number of hydrogen-bond donors (Lipinski definition) is 3. The van der Waals surface area contributed by atoms with E-state index in [1.54, 1.807) is 6.07 Å². The van der Waals surface area contributed by atoms with Crippen LogP contribution in [0.4, 0.5) is 4.39 Å². The van der Waals surface area contributed by atoms with Crippen LogP contribution >= 0.6 is 0 Å². The summed E-state index contributed by atoms with van der Waals surface area (Å²) >= 11 is 0. The van der Waals surface area contributed by atoms with Gasteiger partial charge in [0.05, 0.1) is 17.7 Å². The van der Waals surface area contributed by atoms with E-state index < -0.39 is 18.0 Å². The van der Waals surface area contributed by atoms with E-state index in [2.05, 4.69) is 0 Å². The van der Waals surface area contributed by atoms with Crippen LogP contribution in [0.5, 0.6) is 0 Å². The van der Waals surface area contributed by atoms with Gasteiger partial charge in [0.25, 0.3) is 0 Å². The van der Waals surface area contributed by atoms with E-state index in [1.807, 2.05) is 0 Å². The molecule has 2 atom stereocenters. The Hall–Kier alpha value is -1.48. The summed E-state index contributed by atoms with van der Waals surface area (Å²) in [6.07, 6.45) is -2.25. The number of aliphatic hydroxyl groups excluding tert-OH is 2. The monoisotopic (exact) mass is 224 g/mol. The molecule has 2 unspecified atom stereocenters. The van der Waals surface area contributed by atoms with E-state index in [0.29, 0.717) is 0 Å². The largest absolute Gasteiger partial charge is 0.390 e. The minimum absolute atomic E-state index is 0.0278. The van der Waals surface area contributed by atoms with Crippen molar-refractivity contribution in [2.75, 3.05) is 6.54 Å². The highest BCUT2D eigenvalue weighted by molar-refractivity contribution is 5.34. The van der Waals surface area contributed by atoms with Gasteiger partial charge in [0.15, 0.2) is 0 Å². The van der Waals surface area contributed by atoms with Crippen molar-refractivity contribution in [3.8, 4) is 6.07 Å². The van der Waals surface area contributed by atoms with E-state index in [0.717, 1.165) is 6.07 Å². The highest BCUT2D eigenvalue weighted by atomic mass is 19.1. The number of aliphatic hydroxyl groups is 2. The molecule has 16 heavy (non-hydrogen) atoms. The van der Waals surface area contributed by atoms with E-state index in [4.69, 9.17) is 11.0 Å². The standard InChI is InChI=1S/C11H13FN2O2/c12-9-5-7(6-14)1-2-8(9)11(16)10(15)3-4-13/h1-2,5,10-11,15-16H,3-4,13H2. The molecule has 0 saturated heterocycles. The molecule has 0 aromatic heterocycles. The lowest BCUT2D eigenvalue weighted by Crippen LogP contribution is -2.22. The van der Waals surface area contributed by atoms with Crippen molar-refractivity contribution < 1.29 is 14.6 Å². The van der Waals surface area contributed by atoms with E-state index in [9.17, 15) is 14.6 Å². The fourth-order valence-electron chi connectivity index (χ4n) is 1.37. The van der Waals surface area contributed by atoms with Crippen molar-refractivity contribution >= 4 is 0 Å². The van der Waals surface area contributed by atoms with Gasteiger partial charge in [0, 0.05) is 5.56 Å². The predicted octanol–water partition coefficient (Wildman–Crippen LogP) is 0.440. The lowest BCUT2D eigenvalue weighted by Gasteiger charge is -2.17. The predicted molar refractivity (Wildman–Crippen MR) is 55.8 cm³/mol. The number of nitriles is 1. The molecule has 4 N–H and O–H groups in total. The molecule has 4 nitrogen and oxygen atoms in total. The van der Waals surface area contributed by atoms with Crippen LogP contribution in [0.3, 0.4) is 0 Å². The third kappa shape index (κ3) is 2.76. The first kappa shape index (κ1) is 12.6. The summed E-state index contributed by atoms with van der Waals surface area (Å²) in [6, 6.07) is 5.48. The van der Waals surface area contributed by atoms with E-state index in [-0.39, 0.29) is 24.1 Å². The van der Waals surface area contributed by atoms with Gasteiger partial charge in [-0.2, -0.15) is 5.26 Å². The van der Waals surface area contributed by atoms with Crippen molar-refractivity contribution in [1.29, 1.82) is 5.26 Å². The maximum Gasteiger partial charge on any atom is 0.130 e. The molecule has 0 amide bonds. The van der Waals surface area contributed by atoms with Crippen molar-refractivity contribution in [2.24, 2.45) is 5.73 Å². The van der Waals surface area contributed by atoms with Crippen molar-refractivity contribution in [2.45, 2.75) is 18.6 Å². The van der Waals surface area contributed by atoms with Gasteiger partial charge in [-0.25, -0.2) is 4.39 Å². The molecule has 0 spiro atoms. The van der Waals surface area contributed by atoms with Crippen LogP contribution < -0.4 is 5.73 Å². The Morgan fingerprint density at radius 1 is 1.44 bits per heavy atom. The lowest BCUT2D eigenvalue weighted by atomic mass is 10.0. The second kappa shape index (κ2) is 5.56. The smallest absolute Gasteiger partial charge is 0.130 e. The van der Waals surface area contributed by atoms with Gasteiger partial charge in [0.2, 0.25) is 0 Å². The van der Waals surface area contributed by atoms with Crippen LogP contribution in [0.1, 0.15) is 23.7 Å². The van der Waals surface area contributed by atoms with Gasteiger partial charge < -0.3 is 15.9 Å². The van der Waals surface area contributed by atoms with E-state index in [1.165, 1.54) is 12.1 Å². The van der Waals surface area contributed by atoms with Crippen LogP contribution in [-0.2, 0) is 0 Å². The first-order chi connectivity index (χ1) is 7.60. The van der Waals surface area contributed by atoms with Gasteiger partial charge in [0.1, 0.15) is 11.9 Å². The summed E-state index contributed by atoms with van der Waals surface area (Å²) in [5.41, 5.74) is 5.36. The molecule has 86 valence electrons. The van der Waals surface area contributed by atoms with Gasteiger partial charge in [-0.05, 0) is 25.1 Å².